The molecule has 2 atom stereocenters. The van der Waals surface area contributed by atoms with E-state index in [1.165, 1.54) is 6.07 Å². The van der Waals surface area contributed by atoms with Crippen LogP contribution in [0.3, 0.4) is 0 Å². The molecule has 3 fully saturated rings. The minimum Gasteiger partial charge on any atom is -0.447 e. The van der Waals surface area contributed by atoms with E-state index in [9.17, 15) is 14.0 Å². The molecule has 2 amide bonds. The molecule has 3 saturated heterocycles. The number of amides is 2. The fourth-order valence-electron chi connectivity index (χ4n) is 6.70. The van der Waals surface area contributed by atoms with E-state index in [1.807, 2.05) is 9.80 Å². The third-order valence-corrected chi connectivity index (χ3v) is 8.37. The maximum Gasteiger partial charge on any atom is 0.410 e. The molecule has 0 radical (unpaired) electrons. The summed E-state index contributed by atoms with van der Waals surface area (Å²) in [7, 11) is 1.60. The van der Waals surface area contributed by atoms with E-state index in [4.69, 9.17) is 9.47 Å². The molecule has 7 nitrogen and oxygen atoms in total. The normalized spacial score (nSPS) is 28.3. The summed E-state index contributed by atoms with van der Waals surface area (Å²) in [6, 6.07) is 5.80. The number of benzene rings is 1. The number of nitrogens with zero attached hydrogens (tertiary/aromatic N) is 3. The van der Waals surface area contributed by atoms with Crippen molar-refractivity contribution in [1.82, 2.24) is 9.80 Å². The van der Waals surface area contributed by atoms with Crippen LogP contribution in [-0.4, -0.2) is 79.9 Å². The summed E-state index contributed by atoms with van der Waals surface area (Å²) < 4.78 is 24.5. The van der Waals surface area contributed by atoms with Gasteiger partial charge in [-0.1, -0.05) is 0 Å². The smallest absolute Gasteiger partial charge is 0.410 e. The number of carbonyl (C=O) groups excluding carboxylic acids is 2. The second-order valence-corrected chi connectivity index (χ2v) is 10.1. The Hall–Kier alpha value is -2.19. The molecule has 180 valence electrons. The molecule has 2 unspecified atom stereocenters. The van der Waals surface area contributed by atoms with E-state index in [-0.39, 0.29) is 35.3 Å². The van der Waals surface area contributed by atoms with Crippen molar-refractivity contribution in [2.75, 3.05) is 44.9 Å². The van der Waals surface area contributed by atoms with Crippen molar-refractivity contribution in [3.05, 3.63) is 29.6 Å². The number of methoxy groups -OCH3 is 1. The van der Waals surface area contributed by atoms with Crippen LogP contribution in [0.15, 0.2) is 18.2 Å². The Balaban J connectivity index is 1.24. The molecule has 4 heterocycles. The summed E-state index contributed by atoms with van der Waals surface area (Å²) in [4.78, 5) is 31.2. The standard InChI is InChI=1S/C25H34FN3O4/c1-17(30)28-16-25(22-13-18(26)3-6-23(22)28)7-9-27(10-8-25)21-14-19-4-5-20(15-21)29(19)24(31)33-12-11-32-2/h3,6,13,19-21H,4-5,7-12,14-16H2,1-2H3. The van der Waals surface area contributed by atoms with Gasteiger partial charge in [-0.15, -0.1) is 0 Å². The van der Waals surface area contributed by atoms with Crippen molar-refractivity contribution >= 4 is 17.7 Å². The third-order valence-electron chi connectivity index (χ3n) is 8.37. The maximum atomic E-state index is 14.1. The Kier molecular flexibility index (Phi) is 6.07. The Labute approximate surface area is 194 Å². The predicted molar refractivity (Wildman–Crippen MR) is 122 cm³/mol. The molecule has 0 saturated carbocycles. The van der Waals surface area contributed by atoms with E-state index in [1.54, 1.807) is 26.2 Å². The number of rotatable bonds is 4. The average molecular weight is 460 g/mol. The first kappa shape index (κ1) is 22.6. The van der Waals surface area contributed by atoms with Crippen LogP contribution in [-0.2, 0) is 19.7 Å². The zero-order chi connectivity index (χ0) is 23.2. The van der Waals surface area contributed by atoms with Crippen LogP contribution in [0, 0.1) is 5.82 Å². The number of ether oxygens (including phenoxy) is 2. The molecule has 1 aromatic carbocycles. The zero-order valence-electron chi connectivity index (χ0n) is 19.6. The monoisotopic (exact) mass is 459 g/mol. The minimum atomic E-state index is -0.234. The molecule has 0 N–H and O–H groups in total. The van der Waals surface area contributed by atoms with Gasteiger partial charge in [-0.25, -0.2) is 9.18 Å². The topological polar surface area (TPSA) is 62.3 Å². The van der Waals surface area contributed by atoms with Crippen LogP contribution in [0.1, 0.15) is 51.0 Å². The number of piperidine rings is 2. The molecular weight excluding hydrogens is 425 g/mol. The van der Waals surface area contributed by atoms with Gasteiger partial charge in [0.1, 0.15) is 12.4 Å². The summed E-state index contributed by atoms with van der Waals surface area (Å²) in [6.45, 7) is 4.81. The third kappa shape index (κ3) is 4.01. The van der Waals surface area contributed by atoms with Crippen molar-refractivity contribution in [2.45, 2.75) is 69.0 Å². The molecule has 4 aliphatic heterocycles. The first-order valence-corrected chi connectivity index (χ1v) is 12.2. The van der Waals surface area contributed by atoms with Gasteiger partial charge in [0, 0.05) is 49.8 Å². The van der Waals surface area contributed by atoms with Crippen molar-refractivity contribution in [1.29, 1.82) is 0 Å². The van der Waals surface area contributed by atoms with Crippen molar-refractivity contribution in [3.8, 4) is 0 Å². The lowest BCUT2D eigenvalue weighted by Gasteiger charge is -2.47. The Bertz CT molecular complexity index is 903. The van der Waals surface area contributed by atoms with Gasteiger partial charge >= 0.3 is 6.09 Å². The zero-order valence-corrected chi connectivity index (χ0v) is 19.6. The van der Waals surface area contributed by atoms with Crippen LogP contribution in [0.25, 0.3) is 0 Å². The molecule has 4 aliphatic rings. The van der Waals surface area contributed by atoms with E-state index >= 15 is 0 Å². The van der Waals surface area contributed by atoms with E-state index < -0.39 is 0 Å². The number of carbonyl (C=O) groups is 2. The van der Waals surface area contributed by atoms with E-state index in [0.717, 1.165) is 62.9 Å². The lowest BCUT2D eigenvalue weighted by atomic mass is 9.73. The predicted octanol–water partition coefficient (Wildman–Crippen LogP) is 3.30. The highest BCUT2D eigenvalue weighted by Gasteiger charge is 2.49. The summed E-state index contributed by atoms with van der Waals surface area (Å²) in [5, 5.41) is 0. The highest BCUT2D eigenvalue weighted by molar-refractivity contribution is 5.94. The molecule has 0 aliphatic carbocycles. The molecule has 1 aromatic rings. The lowest BCUT2D eigenvalue weighted by Crippen LogP contribution is -2.55. The molecule has 2 bridgehead atoms. The van der Waals surface area contributed by atoms with Gasteiger partial charge in [-0.3, -0.25) is 4.79 Å². The molecule has 1 spiro atoms. The summed E-state index contributed by atoms with van der Waals surface area (Å²) in [6.07, 6.45) is 5.67. The fourth-order valence-corrected chi connectivity index (χ4v) is 6.70. The largest absolute Gasteiger partial charge is 0.447 e. The van der Waals surface area contributed by atoms with Crippen molar-refractivity contribution < 1.29 is 23.5 Å². The highest BCUT2D eigenvalue weighted by Crippen LogP contribution is 2.48. The number of hydrogen-bond donors (Lipinski definition) is 0. The van der Waals surface area contributed by atoms with Crippen LogP contribution in [0.4, 0.5) is 14.9 Å². The second kappa shape index (κ2) is 8.87. The van der Waals surface area contributed by atoms with Gasteiger partial charge in [-0.05, 0) is 75.4 Å². The van der Waals surface area contributed by atoms with Crippen molar-refractivity contribution in [2.24, 2.45) is 0 Å². The average Bonchev–Trinajstić information content (AvgIpc) is 3.25. The van der Waals surface area contributed by atoms with Gasteiger partial charge in [0.15, 0.2) is 0 Å². The van der Waals surface area contributed by atoms with Crippen LogP contribution in [0.2, 0.25) is 0 Å². The van der Waals surface area contributed by atoms with Gasteiger partial charge in [0.25, 0.3) is 0 Å². The Morgan fingerprint density at radius 1 is 1.09 bits per heavy atom. The Morgan fingerprint density at radius 3 is 2.42 bits per heavy atom. The molecule has 33 heavy (non-hydrogen) atoms. The SMILES string of the molecule is COCCOC(=O)N1C2CCC1CC(N1CCC3(CC1)CN(C(C)=O)c1ccc(F)cc13)C2. The van der Waals surface area contributed by atoms with E-state index in [2.05, 4.69) is 4.90 Å². The first-order chi connectivity index (χ1) is 15.9. The fraction of sp³-hybridized carbons (Fsp3) is 0.680. The number of anilines is 1. The number of likely N-dealkylation sites (tertiary alicyclic amines) is 1. The first-order valence-electron chi connectivity index (χ1n) is 12.2. The van der Waals surface area contributed by atoms with Gasteiger partial charge in [0.2, 0.25) is 5.91 Å². The maximum absolute atomic E-state index is 14.1. The van der Waals surface area contributed by atoms with E-state index in [0.29, 0.717) is 25.8 Å². The van der Waals surface area contributed by atoms with Gasteiger partial charge < -0.3 is 24.2 Å². The van der Waals surface area contributed by atoms with Gasteiger partial charge in [-0.2, -0.15) is 0 Å². The van der Waals surface area contributed by atoms with Crippen LogP contribution < -0.4 is 4.90 Å². The molecule has 0 aromatic heterocycles. The quantitative estimate of drug-likeness (QED) is 0.647. The minimum absolute atomic E-state index is 0.0171. The second-order valence-electron chi connectivity index (χ2n) is 10.1. The summed E-state index contributed by atoms with van der Waals surface area (Å²) in [5.74, 6) is -0.217. The Morgan fingerprint density at radius 2 is 1.79 bits per heavy atom. The number of fused-ring (bicyclic) bond motifs is 4. The summed E-state index contributed by atoms with van der Waals surface area (Å²) in [5.41, 5.74) is 1.70. The van der Waals surface area contributed by atoms with Crippen LogP contribution in [0.5, 0.6) is 0 Å². The number of halogens is 1. The van der Waals surface area contributed by atoms with Crippen LogP contribution >= 0.6 is 0 Å². The lowest BCUT2D eigenvalue weighted by molar-refractivity contribution is -0.116. The summed E-state index contributed by atoms with van der Waals surface area (Å²) >= 11 is 0. The highest BCUT2D eigenvalue weighted by atomic mass is 19.1. The molecule has 5 rings (SSSR count). The molecule has 8 heteroatoms. The molecular formula is C25H34FN3O4. The number of hydrogen-bond acceptors (Lipinski definition) is 5. The van der Waals surface area contributed by atoms with Crippen molar-refractivity contribution in [3.63, 3.8) is 0 Å². The van der Waals surface area contributed by atoms with Gasteiger partial charge in [0.05, 0.1) is 6.61 Å².